The van der Waals surface area contributed by atoms with Crippen molar-refractivity contribution in [1.82, 2.24) is 14.9 Å². The van der Waals surface area contributed by atoms with E-state index in [2.05, 4.69) is 18.8 Å². The van der Waals surface area contributed by atoms with E-state index >= 15 is 0 Å². The third-order valence-electron chi connectivity index (χ3n) is 3.77. The number of aryl methyl sites for hydroxylation is 2. The molecule has 0 spiro atoms. The molecular formula is C16H27N3O2. The third kappa shape index (κ3) is 3.57. The second-order valence-corrected chi connectivity index (χ2v) is 6.59. The predicted octanol–water partition coefficient (Wildman–Crippen LogP) is 3.61. The molecule has 0 radical (unpaired) electrons. The van der Waals surface area contributed by atoms with Crippen LogP contribution in [0.15, 0.2) is 0 Å². The summed E-state index contributed by atoms with van der Waals surface area (Å²) >= 11 is 0. The molecule has 1 amide bonds. The highest BCUT2D eigenvalue weighted by Gasteiger charge is 2.35. The van der Waals surface area contributed by atoms with E-state index in [1.807, 2.05) is 25.7 Å². The summed E-state index contributed by atoms with van der Waals surface area (Å²) in [4.78, 5) is 22.3. The highest BCUT2D eigenvalue weighted by molar-refractivity contribution is 5.69. The molecule has 1 saturated heterocycles. The Morgan fingerprint density at radius 3 is 2.62 bits per heavy atom. The molecule has 1 aliphatic heterocycles. The van der Waals surface area contributed by atoms with Gasteiger partial charge in [-0.05, 0) is 46.5 Å². The summed E-state index contributed by atoms with van der Waals surface area (Å²) in [5.41, 5.74) is 1.84. The minimum absolute atomic E-state index is 0.0189. The van der Waals surface area contributed by atoms with E-state index in [4.69, 9.17) is 9.72 Å². The molecule has 5 nitrogen and oxygen atoms in total. The standard InChI is InChI=1S/C16H27N3O2/c1-6-11-12(7-2)18-14(17-11)13-9-8-10-19(13)15(20)21-16(3,4)5/h13H,6-10H2,1-5H3,(H,17,18). The molecule has 5 heteroatoms. The fraction of sp³-hybridized carbons (Fsp3) is 0.750. The number of ether oxygens (including phenoxy) is 1. The first-order valence-corrected chi connectivity index (χ1v) is 7.93. The van der Waals surface area contributed by atoms with Crippen molar-refractivity contribution in [3.63, 3.8) is 0 Å². The van der Waals surface area contributed by atoms with Crippen LogP contribution in [0.25, 0.3) is 0 Å². The van der Waals surface area contributed by atoms with Gasteiger partial charge in [-0.2, -0.15) is 0 Å². The molecule has 21 heavy (non-hydrogen) atoms. The maximum Gasteiger partial charge on any atom is 0.410 e. The molecule has 0 bridgehead atoms. The van der Waals surface area contributed by atoms with Crippen LogP contribution in [0.5, 0.6) is 0 Å². The monoisotopic (exact) mass is 293 g/mol. The Kier molecular flexibility index (Phi) is 4.59. The van der Waals surface area contributed by atoms with Gasteiger partial charge in [-0.15, -0.1) is 0 Å². The Bertz CT molecular complexity index is 481. The summed E-state index contributed by atoms with van der Waals surface area (Å²) in [6.45, 7) is 10.7. The summed E-state index contributed by atoms with van der Waals surface area (Å²) in [7, 11) is 0. The van der Waals surface area contributed by atoms with Gasteiger partial charge in [-0.1, -0.05) is 13.8 Å². The van der Waals surface area contributed by atoms with Gasteiger partial charge >= 0.3 is 6.09 Å². The topological polar surface area (TPSA) is 58.2 Å². The normalized spacial score (nSPS) is 19.1. The molecule has 118 valence electrons. The van der Waals surface area contributed by atoms with Crippen molar-refractivity contribution in [2.75, 3.05) is 6.54 Å². The first kappa shape index (κ1) is 15.9. The van der Waals surface area contributed by atoms with E-state index < -0.39 is 5.60 Å². The van der Waals surface area contributed by atoms with Gasteiger partial charge in [0.2, 0.25) is 0 Å². The molecule has 1 atom stereocenters. The van der Waals surface area contributed by atoms with Crippen molar-refractivity contribution in [1.29, 1.82) is 0 Å². The number of likely N-dealkylation sites (tertiary alicyclic amines) is 1. The molecule has 1 unspecified atom stereocenters. The Morgan fingerprint density at radius 2 is 2.10 bits per heavy atom. The van der Waals surface area contributed by atoms with Crippen LogP contribution < -0.4 is 0 Å². The van der Waals surface area contributed by atoms with Crippen molar-refractivity contribution in [2.45, 2.75) is 71.9 Å². The fourth-order valence-corrected chi connectivity index (χ4v) is 2.80. The predicted molar refractivity (Wildman–Crippen MR) is 82.3 cm³/mol. The number of imidazole rings is 1. The van der Waals surface area contributed by atoms with Gasteiger partial charge in [0.15, 0.2) is 0 Å². The number of nitrogens with zero attached hydrogens (tertiary/aromatic N) is 2. The molecule has 0 aliphatic carbocycles. The molecular weight excluding hydrogens is 266 g/mol. The van der Waals surface area contributed by atoms with Crippen molar-refractivity contribution >= 4 is 6.09 Å². The fourth-order valence-electron chi connectivity index (χ4n) is 2.80. The molecule has 0 saturated carbocycles. The average molecular weight is 293 g/mol. The van der Waals surface area contributed by atoms with Gasteiger partial charge in [0.1, 0.15) is 11.4 Å². The second kappa shape index (κ2) is 6.08. The van der Waals surface area contributed by atoms with E-state index in [0.717, 1.165) is 43.7 Å². The molecule has 1 fully saturated rings. The zero-order valence-corrected chi connectivity index (χ0v) is 13.8. The second-order valence-electron chi connectivity index (χ2n) is 6.59. The van der Waals surface area contributed by atoms with Gasteiger partial charge in [0.25, 0.3) is 0 Å². The minimum atomic E-state index is -0.462. The summed E-state index contributed by atoms with van der Waals surface area (Å²) < 4.78 is 5.51. The summed E-state index contributed by atoms with van der Waals surface area (Å²) in [5.74, 6) is 0.909. The third-order valence-corrected chi connectivity index (χ3v) is 3.77. The van der Waals surface area contributed by atoms with Crippen molar-refractivity contribution in [3.8, 4) is 0 Å². The molecule has 1 N–H and O–H groups in total. The van der Waals surface area contributed by atoms with Crippen LogP contribution in [0, 0.1) is 0 Å². The largest absolute Gasteiger partial charge is 0.444 e. The first-order valence-electron chi connectivity index (χ1n) is 7.93. The number of carbonyl (C=O) groups excluding carboxylic acids is 1. The van der Waals surface area contributed by atoms with Crippen molar-refractivity contribution in [3.05, 3.63) is 17.2 Å². The van der Waals surface area contributed by atoms with Crippen LogP contribution in [-0.2, 0) is 17.6 Å². The highest BCUT2D eigenvalue weighted by atomic mass is 16.6. The molecule has 2 heterocycles. The van der Waals surface area contributed by atoms with Crippen LogP contribution in [0.2, 0.25) is 0 Å². The number of carbonyl (C=O) groups is 1. The van der Waals surface area contributed by atoms with Crippen molar-refractivity contribution < 1.29 is 9.53 Å². The zero-order chi connectivity index (χ0) is 15.6. The van der Waals surface area contributed by atoms with E-state index in [1.54, 1.807) is 0 Å². The maximum atomic E-state index is 12.3. The quantitative estimate of drug-likeness (QED) is 0.926. The van der Waals surface area contributed by atoms with Gasteiger partial charge in [0.05, 0.1) is 11.7 Å². The number of amides is 1. The number of nitrogens with one attached hydrogen (secondary N) is 1. The van der Waals surface area contributed by atoms with E-state index in [9.17, 15) is 4.79 Å². The van der Waals surface area contributed by atoms with Gasteiger partial charge < -0.3 is 9.72 Å². The SMILES string of the molecule is CCc1nc(C2CCCN2C(=O)OC(C)(C)C)[nH]c1CC. The zero-order valence-electron chi connectivity index (χ0n) is 13.8. The average Bonchev–Trinajstić information content (AvgIpc) is 3.02. The Labute approximate surface area is 127 Å². The molecule has 2 rings (SSSR count). The lowest BCUT2D eigenvalue weighted by atomic mass is 10.2. The van der Waals surface area contributed by atoms with E-state index in [-0.39, 0.29) is 12.1 Å². The molecule has 1 aromatic rings. The van der Waals surface area contributed by atoms with Gasteiger partial charge in [-0.25, -0.2) is 9.78 Å². The first-order chi connectivity index (χ1) is 9.85. The lowest BCUT2D eigenvalue weighted by Gasteiger charge is -2.27. The van der Waals surface area contributed by atoms with Gasteiger partial charge in [0, 0.05) is 12.2 Å². The molecule has 1 aliphatic rings. The van der Waals surface area contributed by atoms with E-state index in [0.29, 0.717) is 0 Å². The number of aromatic amines is 1. The van der Waals surface area contributed by atoms with Crippen molar-refractivity contribution in [2.24, 2.45) is 0 Å². The van der Waals surface area contributed by atoms with Crippen LogP contribution in [0.4, 0.5) is 4.79 Å². The number of hydrogen-bond donors (Lipinski definition) is 1. The van der Waals surface area contributed by atoms with Crippen LogP contribution in [0.1, 0.15) is 70.7 Å². The van der Waals surface area contributed by atoms with Gasteiger partial charge in [-0.3, -0.25) is 4.90 Å². The van der Waals surface area contributed by atoms with Crippen LogP contribution in [0.3, 0.4) is 0 Å². The van der Waals surface area contributed by atoms with Crippen LogP contribution in [-0.4, -0.2) is 33.1 Å². The maximum absolute atomic E-state index is 12.3. The number of H-pyrrole nitrogens is 1. The Hall–Kier alpha value is -1.52. The highest BCUT2D eigenvalue weighted by Crippen LogP contribution is 2.32. The summed E-state index contributed by atoms with van der Waals surface area (Å²) in [6, 6.07) is 0.0189. The summed E-state index contributed by atoms with van der Waals surface area (Å²) in [5, 5.41) is 0. The Balaban J connectivity index is 2.18. The molecule has 0 aromatic carbocycles. The minimum Gasteiger partial charge on any atom is -0.444 e. The number of aromatic nitrogens is 2. The van der Waals surface area contributed by atoms with E-state index in [1.165, 1.54) is 5.69 Å². The van der Waals surface area contributed by atoms with Crippen LogP contribution >= 0.6 is 0 Å². The number of hydrogen-bond acceptors (Lipinski definition) is 3. The smallest absolute Gasteiger partial charge is 0.410 e. The summed E-state index contributed by atoms with van der Waals surface area (Å²) in [6.07, 6.45) is 3.55. The number of rotatable bonds is 3. The molecule has 1 aromatic heterocycles. The lowest BCUT2D eigenvalue weighted by molar-refractivity contribution is 0.0218. The Morgan fingerprint density at radius 1 is 1.38 bits per heavy atom. The lowest BCUT2D eigenvalue weighted by Crippen LogP contribution is -2.36.